The molecule has 6 nitrogen and oxygen atoms in total. The van der Waals surface area contributed by atoms with Crippen molar-refractivity contribution in [2.75, 3.05) is 0 Å². The van der Waals surface area contributed by atoms with Crippen LogP contribution in [0.1, 0.15) is 36.3 Å². The van der Waals surface area contributed by atoms with Gasteiger partial charge in [-0.05, 0) is 11.6 Å². The summed E-state index contributed by atoms with van der Waals surface area (Å²) in [6.45, 7) is 3.60. The lowest BCUT2D eigenvalue weighted by molar-refractivity contribution is -0.141. The molecule has 1 fully saturated rings. The molecule has 6 heteroatoms. The molecule has 1 aromatic rings. The fourth-order valence-electron chi connectivity index (χ4n) is 2.01. The van der Waals surface area contributed by atoms with Crippen LogP contribution in [-0.2, 0) is 16.1 Å². The Balaban J connectivity index is 2.16. The number of likely N-dealkylation sites (tertiary alicyclic amines) is 1. The van der Waals surface area contributed by atoms with E-state index in [-0.39, 0.29) is 30.5 Å². The summed E-state index contributed by atoms with van der Waals surface area (Å²) in [5.41, 5.74) is -0.0986. The first-order valence-electron chi connectivity index (χ1n) is 5.84. The summed E-state index contributed by atoms with van der Waals surface area (Å²) >= 11 is 0. The fourth-order valence-corrected chi connectivity index (χ4v) is 2.01. The molecule has 1 aliphatic heterocycles. The maximum absolute atomic E-state index is 12.0. The molecular weight excluding hydrogens is 248 g/mol. The van der Waals surface area contributed by atoms with Crippen molar-refractivity contribution in [2.45, 2.75) is 26.8 Å². The van der Waals surface area contributed by atoms with Crippen molar-refractivity contribution in [1.29, 1.82) is 0 Å². The molecule has 1 saturated heterocycles. The van der Waals surface area contributed by atoms with Crippen molar-refractivity contribution in [3.05, 3.63) is 29.6 Å². The number of hydrogen-bond donors (Lipinski definition) is 1. The number of aromatic nitrogens is 1. The summed E-state index contributed by atoms with van der Waals surface area (Å²) in [4.78, 5) is 39.4. The first kappa shape index (κ1) is 13.2. The summed E-state index contributed by atoms with van der Waals surface area (Å²) in [5.74, 6) is -1.53. The molecule has 0 unspecified atom stereocenters. The van der Waals surface area contributed by atoms with Crippen LogP contribution in [0.3, 0.4) is 0 Å². The number of rotatable bonds is 3. The smallest absolute Gasteiger partial charge is 0.354 e. The van der Waals surface area contributed by atoms with Crippen LogP contribution in [0, 0.1) is 5.41 Å². The van der Waals surface area contributed by atoms with Gasteiger partial charge in [0.1, 0.15) is 5.69 Å². The summed E-state index contributed by atoms with van der Waals surface area (Å²) < 4.78 is 0. The van der Waals surface area contributed by atoms with Crippen molar-refractivity contribution in [2.24, 2.45) is 5.41 Å². The van der Waals surface area contributed by atoms with Crippen LogP contribution in [0.4, 0.5) is 0 Å². The third-order valence-corrected chi connectivity index (χ3v) is 3.10. The van der Waals surface area contributed by atoms with Gasteiger partial charge >= 0.3 is 5.97 Å². The van der Waals surface area contributed by atoms with Gasteiger partial charge < -0.3 is 5.11 Å². The summed E-state index contributed by atoms with van der Waals surface area (Å²) in [6, 6.07) is 2.91. The van der Waals surface area contributed by atoms with E-state index in [4.69, 9.17) is 5.11 Å². The number of pyridine rings is 1. The molecule has 1 aliphatic rings. The predicted molar refractivity (Wildman–Crippen MR) is 65.2 cm³/mol. The molecule has 0 saturated carbocycles. The van der Waals surface area contributed by atoms with Crippen molar-refractivity contribution >= 4 is 17.8 Å². The van der Waals surface area contributed by atoms with E-state index in [2.05, 4.69) is 4.98 Å². The topological polar surface area (TPSA) is 87.6 Å². The van der Waals surface area contributed by atoms with Crippen LogP contribution >= 0.6 is 0 Å². The number of imide groups is 1. The molecule has 19 heavy (non-hydrogen) atoms. The van der Waals surface area contributed by atoms with E-state index in [1.54, 1.807) is 19.9 Å². The lowest BCUT2D eigenvalue weighted by Crippen LogP contribution is -2.32. The van der Waals surface area contributed by atoms with Crippen molar-refractivity contribution < 1.29 is 19.5 Å². The maximum atomic E-state index is 12.0. The second kappa shape index (κ2) is 4.46. The number of carbonyl (C=O) groups excluding carboxylic acids is 2. The van der Waals surface area contributed by atoms with E-state index in [1.807, 2.05) is 0 Å². The Bertz CT molecular complexity index is 548. The van der Waals surface area contributed by atoms with Crippen LogP contribution in [-0.4, -0.2) is 32.8 Å². The first-order valence-corrected chi connectivity index (χ1v) is 5.84. The first-order chi connectivity index (χ1) is 8.81. The SMILES string of the molecule is CC1(C)CC(=O)N(Cc2ccc(C(=O)O)nc2)C1=O. The molecule has 1 aromatic heterocycles. The highest BCUT2D eigenvalue weighted by atomic mass is 16.4. The Kier molecular flexibility index (Phi) is 3.09. The van der Waals surface area contributed by atoms with Crippen molar-refractivity contribution in [1.82, 2.24) is 9.88 Å². The third kappa shape index (κ3) is 2.47. The lowest BCUT2D eigenvalue weighted by atomic mass is 9.92. The Morgan fingerprint density at radius 2 is 2.11 bits per heavy atom. The highest BCUT2D eigenvalue weighted by molar-refractivity contribution is 6.05. The second-order valence-electron chi connectivity index (χ2n) is 5.20. The highest BCUT2D eigenvalue weighted by Crippen LogP contribution is 2.32. The van der Waals surface area contributed by atoms with Gasteiger partial charge in [0, 0.05) is 12.6 Å². The van der Waals surface area contributed by atoms with Gasteiger partial charge in [-0.2, -0.15) is 0 Å². The molecular formula is C13H14N2O4. The molecule has 2 amide bonds. The zero-order chi connectivity index (χ0) is 14.2. The van der Waals surface area contributed by atoms with E-state index in [0.29, 0.717) is 5.56 Å². The Morgan fingerprint density at radius 1 is 1.42 bits per heavy atom. The largest absolute Gasteiger partial charge is 0.477 e. The number of hydrogen-bond acceptors (Lipinski definition) is 4. The van der Waals surface area contributed by atoms with Crippen molar-refractivity contribution in [3.63, 3.8) is 0 Å². The second-order valence-corrected chi connectivity index (χ2v) is 5.20. The Labute approximate surface area is 110 Å². The molecule has 2 rings (SSSR count). The summed E-state index contributed by atoms with van der Waals surface area (Å²) in [7, 11) is 0. The standard InChI is InChI=1S/C13H14N2O4/c1-13(2)5-10(16)15(12(13)19)7-8-3-4-9(11(17)18)14-6-8/h3-4,6H,5,7H2,1-2H3,(H,17,18). The van der Waals surface area contributed by atoms with E-state index >= 15 is 0 Å². The average Bonchev–Trinajstić information content (AvgIpc) is 2.52. The van der Waals surface area contributed by atoms with Gasteiger partial charge in [0.25, 0.3) is 0 Å². The minimum absolute atomic E-state index is 0.0665. The fraction of sp³-hybridized carbons (Fsp3) is 0.385. The molecule has 0 bridgehead atoms. The number of carboxylic acid groups (broad SMARTS) is 1. The number of aromatic carboxylic acids is 1. The molecule has 1 N–H and O–H groups in total. The zero-order valence-corrected chi connectivity index (χ0v) is 10.7. The molecule has 0 aliphatic carbocycles. The molecule has 0 spiro atoms. The zero-order valence-electron chi connectivity index (χ0n) is 10.7. The lowest BCUT2D eigenvalue weighted by Gasteiger charge is -2.17. The van der Waals surface area contributed by atoms with Gasteiger partial charge in [-0.3, -0.25) is 14.5 Å². The number of carboxylic acids is 1. The molecule has 0 aromatic carbocycles. The van der Waals surface area contributed by atoms with Crippen LogP contribution in [0.2, 0.25) is 0 Å². The Morgan fingerprint density at radius 3 is 2.53 bits per heavy atom. The monoisotopic (exact) mass is 262 g/mol. The van der Waals surface area contributed by atoms with Crippen molar-refractivity contribution in [3.8, 4) is 0 Å². The average molecular weight is 262 g/mol. The summed E-state index contributed by atoms with van der Waals surface area (Å²) in [6.07, 6.45) is 1.57. The van der Waals surface area contributed by atoms with E-state index in [1.165, 1.54) is 17.2 Å². The quantitative estimate of drug-likeness (QED) is 0.823. The highest BCUT2D eigenvalue weighted by Gasteiger charge is 2.44. The predicted octanol–water partition coefficient (Wildman–Crippen LogP) is 1.06. The van der Waals surface area contributed by atoms with Gasteiger partial charge in [0.05, 0.1) is 12.0 Å². The Hall–Kier alpha value is -2.24. The molecule has 100 valence electrons. The van der Waals surface area contributed by atoms with E-state index < -0.39 is 11.4 Å². The van der Waals surface area contributed by atoms with Crippen LogP contribution in [0.25, 0.3) is 0 Å². The molecule has 0 atom stereocenters. The number of carbonyl (C=O) groups is 3. The maximum Gasteiger partial charge on any atom is 0.354 e. The number of nitrogens with zero attached hydrogens (tertiary/aromatic N) is 2. The van der Waals surface area contributed by atoms with Crippen LogP contribution in [0.5, 0.6) is 0 Å². The third-order valence-electron chi connectivity index (χ3n) is 3.10. The van der Waals surface area contributed by atoms with Gasteiger partial charge in [-0.15, -0.1) is 0 Å². The van der Waals surface area contributed by atoms with Gasteiger partial charge in [-0.1, -0.05) is 19.9 Å². The minimum Gasteiger partial charge on any atom is -0.477 e. The number of amides is 2. The van der Waals surface area contributed by atoms with Crippen LogP contribution < -0.4 is 0 Å². The molecule has 2 heterocycles. The minimum atomic E-state index is -1.11. The van der Waals surface area contributed by atoms with Gasteiger partial charge in [-0.25, -0.2) is 9.78 Å². The van der Waals surface area contributed by atoms with Crippen LogP contribution in [0.15, 0.2) is 18.3 Å². The van der Waals surface area contributed by atoms with E-state index in [9.17, 15) is 14.4 Å². The normalized spacial score (nSPS) is 17.9. The van der Waals surface area contributed by atoms with Gasteiger partial charge in [0.15, 0.2) is 0 Å². The summed E-state index contributed by atoms with van der Waals surface area (Å²) in [5, 5.41) is 8.73. The van der Waals surface area contributed by atoms with Gasteiger partial charge in [0.2, 0.25) is 11.8 Å². The van der Waals surface area contributed by atoms with E-state index in [0.717, 1.165) is 0 Å². The molecule has 0 radical (unpaired) electrons.